The van der Waals surface area contributed by atoms with Gasteiger partial charge in [-0.25, -0.2) is 0 Å². The van der Waals surface area contributed by atoms with E-state index in [2.05, 4.69) is 52.1 Å². The number of amides is 1. The van der Waals surface area contributed by atoms with Crippen molar-refractivity contribution in [2.45, 2.75) is 38.8 Å². The lowest BCUT2D eigenvalue weighted by atomic mass is 10.0. The fourth-order valence-electron chi connectivity index (χ4n) is 2.69. The first-order valence-corrected chi connectivity index (χ1v) is 8.31. The summed E-state index contributed by atoms with van der Waals surface area (Å²) in [6.45, 7) is 5.98. The summed E-state index contributed by atoms with van der Waals surface area (Å²) in [5.74, 6) is 0.417. The van der Waals surface area contributed by atoms with E-state index in [0.29, 0.717) is 5.92 Å². The molecule has 1 unspecified atom stereocenters. The summed E-state index contributed by atoms with van der Waals surface area (Å²) in [5, 5.41) is 3.08. The summed E-state index contributed by atoms with van der Waals surface area (Å²) in [6.07, 6.45) is 1.70. The van der Waals surface area contributed by atoms with Gasteiger partial charge in [0.15, 0.2) is 0 Å². The quantitative estimate of drug-likeness (QED) is 0.854. The van der Waals surface area contributed by atoms with Gasteiger partial charge in [0.2, 0.25) is 5.91 Å². The number of hydrogen-bond acceptors (Lipinski definition) is 3. The highest BCUT2D eigenvalue weighted by Crippen LogP contribution is 2.22. The van der Waals surface area contributed by atoms with E-state index >= 15 is 0 Å². The topological polar surface area (TPSA) is 58.4 Å². The van der Waals surface area contributed by atoms with Crippen molar-refractivity contribution < 1.29 is 4.79 Å². The number of hydrogen-bond donors (Lipinski definition) is 2. The molecular weight excluding hydrogens is 330 g/mol. The van der Waals surface area contributed by atoms with Crippen molar-refractivity contribution in [1.29, 1.82) is 0 Å². The molecule has 0 bridgehead atoms. The predicted octanol–water partition coefficient (Wildman–Crippen LogP) is 2.52. The Hall–Kier alpha value is -1.07. The molecule has 3 N–H and O–H groups in total. The van der Waals surface area contributed by atoms with Gasteiger partial charge >= 0.3 is 0 Å². The molecule has 0 saturated carbocycles. The van der Waals surface area contributed by atoms with Crippen LogP contribution in [-0.2, 0) is 4.79 Å². The first-order valence-electron chi connectivity index (χ1n) is 7.52. The molecule has 1 aliphatic heterocycles. The molecule has 0 aliphatic carbocycles. The number of nitrogens with two attached hydrogens (primary N) is 1. The molecule has 1 amide bonds. The largest absolute Gasteiger partial charge is 0.369 e. The molecule has 0 radical (unpaired) electrons. The van der Waals surface area contributed by atoms with Crippen LogP contribution in [0, 0.1) is 5.92 Å². The van der Waals surface area contributed by atoms with Crippen molar-refractivity contribution in [2.24, 2.45) is 11.7 Å². The molecule has 0 aromatic heterocycles. The van der Waals surface area contributed by atoms with Crippen molar-refractivity contribution in [3.63, 3.8) is 0 Å². The van der Waals surface area contributed by atoms with Crippen molar-refractivity contribution in [2.75, 3.05) is 18.0 Å². The van der Waals surface area contributed by atoms with Gasteiger partial charge in [0.05, 0.1) is 6.04 Å². The highest BCUT2D eigenvalue weighted by Gasteiger charge is 2.26. The number of halogens is 1. The van der Waals surface area contributed by atoms with Crippen LogP contribution in [0.5, 0.6) is 0 Å². The molecule has 2 rings (SSSR count). The zero-order valence-electron chi connectivity index (χ0n) is 12.7. The van der Waals surface area contributed by atoms with Crippen LogP contribution in [0.25, 0.3) is 0 Å². The lowest BCUT2D eigenvalue weighted by Crippen LogP contribution is -2.46. The maximum absolute atomic E-state index is 12.1. The molecule has 0 spiro atoms. The van der Waals surface area contributed by atoms with Gasteiger partial charge in [0, 0.05) is 29.3 Å². The van der Waals surface area contributed by atoms with Gasteiger partial charge in [-0.2, -0.15) is 0 Å². The molecule has 1 aromatic carbocycles. The summed E-state index contributed by atoms with van der Waals surface area (Å²) in [7, 11) is 0. The first kappa shape index (κ1) is 16.3. The molecule has 116 valence electrons. The molecule has 1 heterocycles. The summed E-state index contributed by atoms with van der Waals surface area (Å²) in [4.78, 5) is 14.4. The van der Waals surface area contributed by atoms with Gasteiger partial charge in [-0.15, -0.1) is 0 Å². The van der Waals surface area contributed by atoms with E-state index in [1.54, 1.807) is 0 Å². The van der Waals surface area contributed by atoms with Crippen LogP contribution in [0.15, 0.2) is 28.7 Å². The Morgan fingerprint density at radius 1 is 1.43 bits per heavy atom. The van der Waals surface area contributed by atoms with E-state index in [1.807, 2.05) is 12.1 Å². The van der Waals surface area contributed by atoms with Crippen molar-refractivity contribution in [3.8, 4) is 0 Å². The van der Waals surface area contributed by atoms with E-state index in [-0.39, 0.29) is 11.9 Å². The van der Waals surface area contributed by atoms with Crippen LogP contribution in [0.4, 0.5) is 5.69 Å². The Balaban J connectivity index is 1.85. The second kappa shape index (κ2) is 7.27. The third-order valence-electron chi connectivity index (χ3n) is 3.79. The van der Waals surface area contributed by atoms with Gasteiger partial charge in [-0.1, -0.05) is 29.8 Å². The minimum absolute atomic E-state index is 0.0219. The van der Waals surface area contributed by atoms with Gasteiger partial charge in [0.1, 0.15) is 0 Å². The summed E-state index contributed by atoms with van der Waals surface area (Å²) < 4.78 is 1.08. The van der Waals surface area contributed by atoms with E-state index in [0.717, 1.165) is 30.4 Å². The molecule has 1 fully saturated rings. The fraction of sp³-hybridized carbons (Fsp3) is 0.562. The highest BCUT2D eigenvalue weighted by atomic mass is 79.9. The van der Waals surface area contributed by atoms with E-state index in [1.165, 1.54) is 5.69 Å². The zero-order chi connectivity index (χ0) is 15.4. The van der Waals surface area contributed by atoms with Gasteiger partial charge < -0.3 is 16.0 Å². The number of nitrogens with one attached hydrogen (secondary N) is 1. The maximum atomic E-state index is 12.1. The summed E-state index contributed by atoms with van der Waals surface area (Å²) >= 11 is 3.44. The molecule has 5 heteroatoms. The number of carbonyl (C=O) groups is 1. The van der Waals surface area contributed by atoms with Crippen LogP contribution >= 0.6 is 15.9 Å². The van der Waals surface area contributed by atoms with Crippen molar-refractivity contribution in [1.82, 2.24) is 5.32 Å². The standard InChI is InChI=1S/C16H24BrN3O/c1-11(2)9-15(18)16(21)19-13-7-8-20(10-13)14-5-3-12(17)4-6-14/h3-6,11,13,15H,7-10,18H2,1-2H3,(H,19,21)/t13?,15-/m0/s1. The number of nitrogens with zero attached hydrogens (tertiary/aromatic N) is 1. The van der Waals surface area contributed by atoms with Crippen molar-refractivity contribution in [3.05, 3.63) is 28.7 Å². The van der Waals surface area contributed by atoms with Crippen LogP contribution in [0.3, 0.4) is 0 Å². The second-order valence-electron chi connectivity index (χ2n) is 6.15. The number of rotatable bonds is 5. The number of benzene rings is 1. The molecule has 2 atom stereocenters. The van der Waals surface area contributed by atoms with Gasteiger partial charge in [-0.3, -0.25) is 4.79 Å². The Morgan fingerprint density at radius 3 is 2.71 bits per heavy atom. The minimum atomic E-state index is -0.397. The smallest absolute Gasteiger partial charge is 0.237 e. The Labute approximate surface area is 135 Å². The summed E-state index contributed by atoms with van der Waals surface area (Å²) in [6, 6.07) is 8.07. The fourth-order valence-corrected chi connectivity index (χ4v) is 2.95. The molecule has 21 heavy (non-hydrogen) atoms. The zero-order valence-corrected chi connectivity index (χ0v) is 14.3. The number of carbonyl (C=O) groups excluding carboxylic acids is 1. The minimum Gasteiger partial charge on any atom is -0.369 e. The normalized spacial score (nSPS) is 19.9. The van der Waals surface area contributed by atoms with Crippen molar-refractivity contribution >= 4 is 27.5 Å². The van der Waals surface area contributed by atoms with Gasteiger partial charge in [-0.05, 0) is 43.0 Å². The van der Waals surface area contributed by atoms with Crippen LogP contribution in [-0.4, -0.2) is 31.1 Å². The number of anilines is 1. The molecular formula is C16H24BrN3O. The Morgan fingerprint density at radius 2 is 2.10 bits per heavy atom. The van der Waals surface area contributed by atoms with Crippen LogP contribution < -0.4 is 16.0 Å². The first-order chi connectivity index (χ1) is 9.95. The summed E-state index contributed by atoms with van der Waals surface area (Å²) in [5.41, 5.74) is 7.12. The van der Waals surface area contributed by atoms with E-state index in [9.17, 15) is 4.79 Å². The predicted molar refractivity (Wildman–Crippen MR) is 90.3 cm³/mol. The average molecular weight is 354 g/mol. The molecule has 1 aromatic rings. The van der Waals surface area contributed by atoms with E-state index < -0.39 is 6.04 Å². The monoisotopic (exact) mass is 353 g/mol. The van der Waals surface area contributed by atoms with Crippen LogP contribution in [0.2, 0.25) is 0 Å². The second-order valence-corrected chi connectivity index (χ2v) is 7.07. The third kappa shape index (κ3) is 4.71. The third-order valence-corrected chi connectivity index (χ3v) is 4.32. The lowest BCUT2D eigenvalue weighted by molar-refractivity contribution is -0.123. The molecule has 4 nitrogen and oxygen atoms in total. The average Bonchev–Trinajstić information content (AvgIpc) is 2.87. The van der Waals surface area contributed by atoms with Gasteiger partial charge in [0.25, 0.3) is 0 Å². The SMILES string of the molecule is CC(C)C[C@H](N)C(=O)NC1CCN(c2ccc(Br)cc2)C1. The lowest BCUT2D eigenvalue weighted by Gasteiger charge is -2.20. The Kier molecular flexibility index (Phi) is 5.65. The highest BCUT2D eigenvalue weighted by molar-refractivity contribution is 9.10. The van der Waals surface area contributed by atoms with Crippen LogP contribution in [0.1, 0.15) is 26.7 Å². The molecule has 1 saturated heterocycles. The maximum Gasteiger partial charge on any atom is 0.237 e. The Bertz CT molecular complexity index is 475. The molecule has 1 aliphatic rings. The van der Waals surface area contributed by atoms with E-state index in [4.69, 9.17) is 5.73 Å².